The Kier molecular flexibility index (Phi) is 15.2. The maximum atomic E-state index is 10.3. The Labute approximate surface area is 155 Å². The molecule has 1 aliphatic carbocycles. The van der Waals surface area contributed by atoms with Crippen LogP contribution in [0.4, 0.5) is 0 Å². The van der Waals surface area contributed by atoms with Gasteiger partial charge in [0.25, 0.3) is 0 Å². The van der Waals surface area contributed by atoms with Crippen molar-refractivity contribution in [3.63, 3.8) is 0 Å². The molecule has 54 valence electrons. The molecule has 0 aliphatic heterocycles. The zero-order valence-electron chi connectivity index (χ0n) is 6.83. The molecule has 0 aromatic rings. The maximum absolute atomic E-state index is 10.3. The predicted molar refractivity (Wildman–Crippen MR) is 27.8 cm³/mol. The average Bonchev–Trinajstić information content (AvgIpc) is 1.80. The normalized spacial score (nSPS) is 13.5. The van der Waals surface area contributed by atoms with E-state index in [0.717, 1.165) is 12.2 Å². The fourth-order valence-corrected chi connectivity index (χ4v) is 0.440. The summed E-state index contributed by atoms with van der Waals surface area (Å²) in [5.74, 6) is -1.99. The number of rotatable bonds is 0. The van der Waals surface area contributed by atoms with E-state index in [-0.39, 0.29) is 108 Å². The molecular weight excluding hydrogens is 214 g/mol. The van der Waals surface area contributed by atoms with Crippen LogP contribution in [0.25, 0.3) is 0 Å². The molecular formula is C6H3K2O4-. The van der Waals surface area contributed by atoms with E-state index in [0.29, 0.717) is 0 Å². The smallest absolute Gasteiger partial charge is 0.888 e. The van der Waals surface area contributed by atoms with E-state index >= 15 is 0 Å². The molecule has 6 heteroatoms. The van der Waals surface area contributed by atoms with Crippen LogP contribution >= 0.6 is 0 Å². The molecule has 0 heterocycles. The van der Waals surface area contributed by atoms with Gasteiger partial charge in [0.15, 0.2) is 0 Å². The van der Waals surface area contributed by atoms with Crippen molar-refractivity contribution in [3.8, 4) is 0 Å². The van der Waals surface area contributed by atoms with Gasteiger partial charge in [-0.1, -0.05) is 0 Å². The minimum Gasteiger partial charge on any atom is -0.888 e. The topological polar surface area (TPSA) is 87.2 Å². The maximum Gasteiger partial charge on any atom is 1.00 e. The molecule has 0 spiro atoms. The van der Waals surface area contributed by atoms with E-state index in [1.807, 2.05) is 0 Å². The molecule has 1 aliphatic rings. The number of carbonyl (C=O) groups is 2. The van der Waals surface area contributed by atoms with Crippen molar-refractivity contribution in [1.82, 2.24) is 0 Å². The molecule has 1 rings (SSSR count). The first kappa shape index (κ1) is 19.4. The number of hydrogen-bond acceptors (Lipinski definition) is 4. The molecule has 12 heavy (non-hydrogen) atoms. The molecule has 1 N–H and O–H groups in total. The van der Waals surface area contributed by atoms with Crippen LogP contribution < -0.4 is 108 Å². The summed E-state index contributed by atoms with van der Waals surface area (Å²) in [5.41, 5.74) is 0. The Bertz CT molecular complexity index is 232. The first-order valence-corrected chi connectivity index (χ1v) is 2.27. The quantitative estimate of drug-likeness (QED) is 0.229. The molecule has 0 aromatic carbocycles. The first-order chi connectivity index (χ1) is 4.20. The third kappa shape index (κ3) is 6.33. The predicted octanol–water partition coefficient (Wildman–Crippen LogP) is -7.43. The minimum atomic E-state index is -0.765. The summed E-state index contributed by atoms with van der Waals surface area (Å²) < 4.78 is 0. The molecule has 0 amide bonds. The summed E-state index contributed by atoms with van der Waals surface area (Å²) in [7, 11) is 0. The molecule has 4 nitrogen and oxygen atoms in total. The summed E-state index contributed by atoms with van der Waals surface area (Å²) >= 11 is 0. The number of ketones is 2. The summed E-state index contributed by atoms with van der Waals surface area (Å²) in [6.07, 6.45) is 3.65. The minimum absolute atomic E-state index is 0. The monoisotopic (exact) mass is 217 g/mol. The van der Waals surface area contributed by atoms with Gasteiger partial charge in [0, 0.05) is 0 Å². The van der Waals surface area contributed by atoms with Crippen molar-refractivity contribution in [2.75, 3.05) is 0 Å². The molecule has 0 aromatic heterocycles. The van der Waals surface area contributed by atoms with Gasteiger partial charge in [0.05, 0.1) is 11.6 Å². The number of allylic oxidation sites excluding steroid dienone is 3. The number of hydrogen-bond donors (Lipinski definition) is 0. The van der Waals surface area contributed by atoms with Crippen LogP contribution in [-0.4, -0.2) is 17.0 Å². The second-order valence-corrected chi connectivity index (χ2v) is 1.53. The molecule has 0 radical (unpaired) electrons. The van der Waals surface area contributed by atoms with Gasteiger partial charge >= 0.3 is 103 Å². The van der Waals surface area contributed by atoms with Crippen LogP contribution in [-0.2, 0) is 9.59 Å². The van der Waals surface area contributed by atoms with Crippen LogP contribution in [0, 0.1) is 6.08 Å². The van der Waals surface area contributed by atoms with E-state index < -0.39 is 17.3 Å². The van der Waals surface area contributed by atoms with Crippen molar-refractivity contribution >= 4 is 11.6 Å². The van der Waals surface area contributed by atoms with Crippen molar-refractivity contribution in [2.45, 2.75) is 0 Å². The van der Waals surface area contributed by atoms with Crippen molar-refractivity contribution in [1.29, 1.82) is 0 Å². The Morgan fingerprint density at radius 1 is 1.25 bits per heavy atom. The van der Waals surface area contributed by atoms with Crippen molar-refractivity contribution in [3.05, 3.63) is 24.0 Å². The van der Waals surface area contributed by atoms with Crippen molar-refractivity contribution < 1.29 is 123 Å². The summed E-state index contributed by atoms with van der Waals surface area (Å²) in [5, 5.41) is 10.3. The van der Waals surface area contributed by atoms with Crippen LogP contribution in [0.1, 0.15) is 0 Å². The second-order valence-electron chi connectivity index (χ2n) is 1.53. The average molecular weight is 217 g/mol. The van der Waals surface area contributed by atoms with E-state index in [9.17, 15) is 14.7 Å². The Hall–Kier alpha value is 1.85. The van der Waals surface area contributed by atoms with Crippen LogP contribution in [0.15, 0.2) is 17.9 Å². The molecule has 0 fully saturated rings. The zero-order valence-corrected chi connectivity index (χ0v) is 13.1. The van der Waals surface area contributed by atoms with Gasteiger partial charge in [-0.3, -0.25) is 0 Å². The van der Waals surface area contributed by atoms with Gasteiger partial charge in [0.2, 0.25) is 0 Å². The van der Waals surface area contributed by atoms with Gasteiger partial charge in [-0.2, -0.15) is 5.76 Å². The van der Waals surface area contributed by atoms with Gasteiger partial charge in [0.1, 0.15) is 0 Å². The number of carbonyl (C=O) groups excluding carboxylic acids is 2. The van der Waals surface area contributed by atoms with Gasteiger partial charge in [-0.15, -0.1) is 18.2 Å². The third-order valence-corrected chi connectivity index (χ3v) is 0.851. The van der Waals surface area contributed by atoms with Gasteiger partial charge in [-0.25, -0.2) is 0 Å². The van der Waals surface area contributed by atoms with Gasteiger partial charge < -0.3 is 20.2 Å². The molecule has 0 atom stereocenters. The van der Waals surface area contributed by atoms with Crippen molar-refractivity contribution in [2.24, 2.45) is 0 Å². The SMILES string of the molecule is O=C1[C-]=CC(=O)C([O-])=C1.[K+].[K+].[OH-]. The Morgan fingerprint density at radius 2 is 1.75 bits per heavy atom. The van der Waals surface area contributed by atoms with Crippen LogP contribution in [0.2, 0.25) is 0 Å². The van der Waals surface area contributed by atoms with E-state index in [4.69, 9.17) is 0 Å². The fourth-order valence-electron chi connectivity index (χ4n) is 0.440. The standard InChI is InChI=1S/C6H3O3.2K.H2O/c7-4-1-2-5(8)6(9)3-4;;;/h2-3,9H;;;1H2/q-1;2*+1;/p-2. The summed E-state index contributed by atoms with van der Waals surface area (Å²) in [6, 6.07) is 0. The van der Waals surface area contributed by atoms with E-state index in [1.54, 1.807) is 0 Å². The third-order valence-electron chi connectivity index (χ3n) is 0.851. The van der Waals surface area contributed by atoms with Crippen LogP contribution in [0.3, 0.4) is 0 Å². The fraction of sp³-hybridized carbons (Fsp3) is 0. The molecule has 0 bridgehead atoms. The van der Waals surface area contributed by atoms with E-state index in [1.165, 1.54) is 0 Å². The largest absolute Gasteiger partial charge is 1.00 e. The molecule has 0 saturated carbocycles. The van der Waals surface area contributed by atoms with E-state index in [2.05, 4.69) is 6.08 Å². The van der Waals surface area contributed by atoms with Gasteiger partial charge in [-0.05, 0) is 0 Å². The molecule has 0 saturated heterocycles. The first-order valence-electron chi connectivity index (χ1n) is 2.27. The van der Waals surface area contributed by atoms with Crippen LogP contribution in [0.5, 0.6) is 0 Å². The second kappa shape index (κ2) is 9.41. The Morgan fingerprint density at radius 3 is 2.08 bits per heavy atom. The summed E-state index contributed by atoms with van der Waals surface area (Å²) in [6.45, 7) is 0. The zero-order chi connectivity index (χ0) is 6.85. The molecule has 0 unspecified atom stereocenters. The summed E-state index contributed by atoms with van der Waals surface area (Å²) in [4.78, 5) is 20.5. The Balaban J connectivity index is -0.000000270.